The fourth-order valence-corrected chi connectivity index (χ4v) is 0.776. The van der Waals surface area contributed by atoms with Gasteiger partial charge in [-0.15, -0.1) is 0 Å². The average molecular weight is 128 g/mol. The molecule has 9 heavy (non-hydrogen) atoms. The van der Waals surface area contributed by atoms with Crippen LogP contribution in [0.5, 0.6) is 0 Å². The van der Waals surface area contributed by atoms with E-state index in [1.807, 2.05) is 12.4 Å². The minimum atomic E-state index is 0. The van der Waals surface area contributed by atoms with Crippen molar-refractivity contribution < 1.29 is 4.58 Å². The van der Waals surface area contributed by atoms with Crippen LogP contribution in [-0.4, -0.2) is 30.5 Å². The molecule has 0 aromatic rings. The summed E-state index contributed by atoms with van der Waals surface area (Å²) in [5, 5.41) is 3.11. The monoisotopic (exact) mass is 128 g/mol. The summed E-state index contributed by atoms with van der Waals surface area (Å²) in [6.45, 7) is 6.79. The van der Waals surface area contributed by atoms with Gasteiger partial charge in [0.15, 0.2) is 0 Å². The van der Waals surface area contributed by atoms with Gasteiger partial charge in [-0.3, -0.25) is 9.89 Å². The van der Waals surface area contributed by atoms with E-state index in [2.05, 4.69) is 16.5 Å². The molecule has 0 aliphatic carbocycles. The van der Waals surface area contributed by atoms with Crippen LogP contribution in [-0.2, 0) is 0 Å². The van der Waals surface area contributed by atoms with E-state index in [0.717, 1.165) is 19.6 Å². The third kappa shape index (κ3) is 2.28. The molecule has 0 aromatic carbocycles. The van der Waals surface area contributed by atoms with Crippen LogP contribution in [0.3, 0.4) is 0 Å². The van der Waals surface area contributed by atoms with Gasteiger partial charge in [-0.1, -0.05) is 12.7 Å². The second kappa shape index (κ2) is 4.09. The van der Waals surface area contributed by atoms with E-state index in [1.54, 1.807) is 0 Å². The van der Waals surface area contributed by atoms with Gasteiger partial charge >= 0.3 is 0 Å². The Balaban J connectivity index is 0.000000640. The van der Waals surface area contributed by atoms with E-state index in [0.29, 0.717) is 0 Å². The van der Waals surface area contributed by atoms with Gasteiger partial charge in [-0.25, -0.2) is 0 Å². The molecule has 0 aromatic heterocycles. The first-order valence-corrected chi connectivity index (χ1v) is 2.85. The van der Waals surface area contributed by atoms with Crippen molar-refractivity contribution in [1.29, 1.82) is 0 Å². The molecule has 0 bridgehead atoms. The van der Waals surface area contributed by atoms with E-state index in [-0.39, 0.29) is 6.15 Å². The Bertz CT molecular complexity index is 117. The maximum absolute atomic E-state index is 3.63. The van der Waals surface area contributed by atoms with Gasteiger partial charge < -0.3 is 6.15 Å². The Labute approximate surface area is 55.7 Å². The maximum Gasteiger partial charge on any atom is 0.232 e. The molecule has 0 fully saturated rings. The first-order valence-electron chi connectivity index (χ1n) is 2.85. The quantitative estimate of drug-likeness (QED) is 0.405. The Morgan fingerprint density at radius 1 is 1.78 bits per heavy atom. The molecule has 0 spiro atoms. The molecule has 1 aliphatic heterocycles. The number of hydrogen-bond donors (Lipinski definition) is 2. The summed E-state index contributed by atoms with van der Waals surface area (Å²) in [6.07, 6.45) is 3.91. The zero-order chi connectivity index (χ0) is 5.82. The summed E-state index contributed by atoms with van der Waals surface area (Å²) >= 11 is 0. The molecule has 1 heterocycles. The lowest BCUT2D eigenvalue weighted by atomic mass is 10.5. The molecule has 4 N–H and O–H groups in total. The fraction of sp³-hybridized carbons (Fsp3) is 0.500. The van der Waals surface area contributed by atoms with Crippen LogP contribution in [0.25, 0.3) is 0 Å². The highest BCUT2D eigenvalue weighted by Crippen LogP contribution is 1.78. The number of nitrogens with one attached hydrogen (secondary N) is 1. The number of nitrogens with zero attached hydrogens (tertiary/aromatic N) is 1. The van der Waals surface area contributed by atoms with Gasteiger partial charge in [0, 0.05) is 0 Å². The molecule has 0 saturated heterocycles. The third-order valence-electron chi connectivity index (χ3n) is 1.18. The standard InChI is InChI=1S/C6H10N2.H3N/c1-2-4-8-5-3-7-6-8;/h2,6H,1,3-5H2;1H3/p+1. The van der Waals surface area contributed by atoms with Crippen molar-refractivity contribution in [3.05, 3.63) is 12.7 Å². The Hall–Kier alpha value is -0.830. The summed E-state index contributed by atoms with van der Waals surface area (Å²) in [5.74, 6) is 0. The summed E-state index contributed by atoms with van der Waals surface area (Å²) in [7, 11) is 0. The fourth-order valence-electron chi connectivity index (χ4n) is 0.776. The normalized spacial score (nSPS) is 15.3. The summed E-state index contributed by atoms with van der Waals surface area (Å²) in [5.41, 5.74) is 0. The summed E-state index contributed by atoms with van der Waals surface area (Å²) in [4.78, 5) is 0. The Morgan fingerprint density at radius 3 is 3.00 bits per heavy atom. The second-order valence-electron chi connectivity index (χ2n) is 1.87. The Morgan fingerprint density at radius 2 is 2.56 bits per heavy atom. The van der Waals surface area contributed by atoms with Gasteiger partial charge in [-0.2, -0.15) is 0 Å². The molecular weight excluding hydrogens is 114 g/mol. The lowest BCUT2D eigenvalue weighted by molar-refractivity contribution is -0.503. The van der Waals surface area contributed by atoms with Gasteiger partial charge in [0.05, 0.1) is 0 Å². The largest absolute Gasteiger partial charge is 0.344 e. The van der Waals surface area contributed by atoms with E-state index in [9.17, 15) is 0 Å². The molecule has 3 heteroatoms. The zero-order valence-electron chi connectivity index (χ0n) is 5.64. The minimum absolute atomic E-state index is 0. The highest BCUT2D eigenvalue weighted by atomic mass is 15.1. The molecule has 0 saturated carbocycles. The van der Waals surface area contributed by atoms with E-state index >= 15 is 0 Å². The van der Waals surface area contributed by atoms with Crippen molar-refractivity contribution >= 4 is 6.34 Å². The molecule has 0 atom stereocenters. The first kappa shape index (κ1) is 8.17. The van der Waals surface area contributed by atoms with Crippen LogP contribution in [0, 0.1) is 0 Å². The number of rotatable bonds is 2. The zero-order valence-corrected chi connectivity index (χ0v) is 5.64. The van der Waals surface area contributed by atoms with Crippen LogP contribution in [0.4, 0.5) is 0 Å². The molecule has 0 radical (unpaired) electrons. The molecule has 1 aliphatic rings. The smallest absolute Gasteiger partial charge is 0.232 e. The van der Waals surface area contributed by atoms with Crippen molar-refractivity contribution in [2.75, 3.05) is 19.6 Å². The van der Waals surface area contributed by atoms with Crippen molar-refractivity contribution in [2.45, 2.75) is 0 Å². The SMILES string of the molecule is C=CC[N+]1=CNCC1.N. The maximum atomic E-state index is 3.63. The van der Waals surface area contributed by atoms with E-state index in [4.69, 9.17) is 0 Å². The van der Waals surface area contributed by atoms with Gasteiger partial charge in [0.1, 0.15) is 19.6 Å². The van der Waals surface area contributed by atoms with Crippen molar-refractivity contribution in [3.63, 3.8) is 0 Å². The van der Waals surface area contributed by atoms with E-state index in [1.165, 1.54) is 0 Å². The molecule has 52 valence electrons. The highest BCUT2D eigenvalue weighted by molar-refractivity contribution is 5.49. The van der Waals surface area contributed by atoms with Gasteiger partial charge in [-0.05, 0) is 0 Å². The molecule has 1 rings (SSSR count). The predicted octanol–water partition coefficient (Wildman–Crippen LogP) is -0.0216. The van der Waals surface area contributed by atoms with Crippen LogP contribution >= 0.6 is 0 Å². The lowest BCUT2D eigenvalue weighted by Crippen LogP contribution is -2.08. The third-order valence-corrected chi connectivity index (χ3v) is 1.18. The van der Waals surface area contributed by atoms with E-state index < -0.39 is 0 Å². The second-order valence-corrected chi connectivity index (χ2v) is 1.87. The minimum Gasteiger partial charge on any atom is -0.344 e. The van der Waals surface area contributed by atoms with Gasteiger partial charge in [0.2, 0.25) is 6.34 Å². The summed E-state index contributed by atoms with van der Waals surface area (Å²) in [6, 6.07) is 0. The predicted molar refractivity (Wildman–Crippen MR) is 39.3 cm³/mol. The summed E-state index contributed by atoms with van der Waals surface area (Å²) < 4.78 is 2.19. The highest BCUT2D eigenvalue weighted by Gasteiger charge is 2.04. The molecule has 3 nitrogen and oxygen atoms in total. The van der Waals surface area contributed by atoms with Gasteiger partial charge in [0.25, 0.3) is 0 Å². The van der Waals surface area contributed by atoms with Crippen LogP contribution in [0.2, 0.25) is 0 Å². The van der Waals surface area contributed by atoms with Crippen LogP contribution < -0.4 is 11.5 Å². The van der Waals surface area contributed by atoms with Crippen molar-refractivity contribution in [1.82, 2.24) is 11.5 Å². The molecule has 0 amide bonds. The lowest BCUT2D eigenvalue weighted by Gasteiger charge is -1.89. The molecule has 0 unspecified atom stereocenters. The van der Waals surface area contributed by atoms with Crippen LogP contribution in [0.1, 0.15) is 0 Å². The molecular formula is C6H14N3+. The topological polar surface area (TPSA) is 50.0 Å². The van der Waals surface area contributed by atoms with Crippen molar-refractivity contribution in [3.8, 4) is 0 Å². The Kier molecular flexibility index (Phi) is 3.71. The first-order chi connectivity index (χ1) is 3.93. The van der Waals surface area contributed by atoms with Crippen LogP contribution in [0.15, 0.2) is 12.7 Å². The average Bonchev–Trinajstić information content (AvgIpc) is 2.19. The van der Waals surface area contributed by atoms with Crippen molar-refractivity contribution in [2.24, 2.45) is 0 Å². The number of hydrogen-bond acceptors (Lipinski definition) is 2.